The van der Waals surface area contributed by atoms with Crippen LogP contribution in [0.5, 0.6) is 0 Å². The Hall–Kier alpha value is -2.37. The molecule has 2 rings (SSSR count). The van der Waals surface area contributed by atoms with Crippen LogP contribution in [0.4, 0.5) is 0 Å². The second-order valence-electron chi connectivity index (χ2n) is 5.41. The lowest BCUT2D eigenvalue weighted by Crippen LogP contribution is -2.35. The molecule has 1 aliphatic heterocycles. The van der Waals surface area contributed by atoms with Crippen molar-refractivity contribution in [3.8, 4) is 0 Å². The Morgan fingerprint density at radius 3 is 2.64 bits per heavy atom. The van der Waals surface area contributed by atoms with E-state index in [2.05, 4.69) is 5.32 Å². The highest BCUT2D eigenvalue weighted by molar-refractivity contribution is 5.94. The van der Waals surface area contributed by atoms with Crippen molar-refractivity contribution in [1.82, 2.24) is 5.32 Å². The maximum Gasteiger partial charge on any atom is 0.347 e. The SMILES string of the molecule is CC(CC(=O)OC1CC(C)OC1=O)NC(=O)c1ccccc1. The van der Waals surface area contributed by atoms with E-state index in [4.69, 9.17) is 9.47 Å². The van der Waals surface area contributed by atoms with Crippen LogP contribution in [0.1, 0.15) is 37.0 Å². The number of esters is 2. The highest BCUT2D eigenvalue weighted by Gasteiger charge is 2.35. The molecule has 0 aromatic heterocycles. The normalized spacial score (nSPS) is 21.8. The molecule has 1 N–H and O–H groups in total. The number of carbonyl (C=O) groups excluding carboxylic acids is 3. The quantitative estimate of drug-likeness (QED) is 0.833. The van der Waals surface area contributed by atoms with Crippen molar-refractivity contribution in [2.24, 2.45) is 0 Å². The number of amides is 1. The van der Waals surface area contributed by atoms with Crippen molar-refractivity contribution in [2.45, 2.75) is 44.9 Å². The van der Waals surface area contributed by atoms with Crippen LogP contribution in [0, 0.1) is 0 Å². The average molecular weight is 305 g/mol. The third-order valence-corrected chi connectivity index (χ3v) is 3.29. The summed E-state index contributed by atoms with van der Waals surface area (Å²) < 4.78 is 10.0. The minimum Gasteiger partial charge on any atom is -0.460 e. The Morgan fingerprint density at radius 2 is 2.05 bits per heavy atom. The van der Waals surface area contributed by atoms with Crippen molar-refractivity contribution < 1.29 is 23.9 Å². The van der Waals surface area contributed by atoms with Crippen LogP contribution in [0.2, 0.25) is 0 Å². The first kappa shape index (κ1) is 16.0. The second kappa shape index (κ2) is 7.06. The molecular weight excluding hydrogens is 286 g/mol. The number of carbonyl (C=O) groups is 3. The van der Waals surface area contributed by atoms with Crippen LogP contribution in [0.25, 0.3) is 0 Å². The largest absolute Gasteiger partial charge is 0.460 e. The fourth-order valence-electron chi connectivity index (χ4n) is 2.22. The van der Waals surface area contributed by atoms with Crippen LogP contribution in [0.3, 0.4) is 0 Å². The molecule has 22 heavy (non-hydrogen) atoms. The molecule has 1 saturated heterocycles. The summed E-state index contributed by atoms with van der Waals surface area (Å²) >= 11 is 0. The van der Waals surface area contributed by atoms with Crippen LogP contribution in [-0.2, 0) is 19.1 Å². The van der Waals surface area contributed by atoms with Gasteiger partial charge in [0.05, 0.1) is 6.42 Å². The summed E-state index contributed by atoms with van der Waals surface area (Å²) in [6.45, 7) is 3.45. The van der Waals surface area contributed by atoms with Crippen molar-refractivity contribution in [2.75, 3.05) is 0 Å². The highest BCUT2D eigenvalue weighted by Crippen LogP contribution is 2.18. The maximum atomic E-state index is 11.9. The van der Waals surface area contributed by atoms with E-state index >= 15 is 0 Å². The van der Waals surface area contributed by atoms with Gasteiger partial charge < -0.3 is 14.8 Å². The van der Waals surface area contributed by atoms with E-state index in [0.717, 1.165) is 0 Å². The van der Waals surface area contributed by atoms with Gasteiger partial charge in [-0.15, -0.1) is 0 Å². The molecule has 0 saturated carbocycles. The topological polar surface area (TPSA) is 81.7 Å². The van der Waals surface area contributed by atoms with Gasteiger partial charge in [0, 0.05) is 18.0 Å². The first-order valence-corrected chi connectivity index (χ1v) is 7.21. The summed E-state index contributed by atoms with van der Waals surface area (Å²) in [7, 11) is 0. The molecule has 3 atom stereocenters. The van der Waals surface area contributed by atoms with E-state index in [1.165, 1.54) is 0 Å². The summed E-state index contributed by atoms with van der Waals surface area (Å²) in [5.41, 5.74) is 0.524. The maximum absolute atomic E-state index is 11.9. The Balaban J connectivity index is 1.79. The van der Waals surface area contributed by atoms with Gasteiger partial charge in [-0.2, -0.15) is 0 Å². The zero-order chi connectivity index (χ0) is 16.1. The molecule has 1 aliphatic rings. The van der Waals surface area contributed by atoms with Crippen LogP contribution < -0.4 is 5.32 Å². The monoisotopic (exact) mass is 305 g/mol. The molecule has 0 bridgehead atoms. The fourth-order valence-corrected chi connectivity index (χ4v) is 2.22. The van der Waals surface area contributed by atoms with Gasteiger partial charge in [0.25, 0.3) is 5.91 Å². The lowest BCUT2D eigenvalue weighted by Gasteiger charge is -2.14. The fraction of sp³-hybridized carbons (Fsp3) is 0.438. The second-order valence-corrected chi connectivity index (χ2v) is 5.41. The molecular formula is C16H19NO5. The Morgan fingerprint density at radius 1 is 1.36 bits per heavy atom. The van der Waals surface area contributed by atoms with Crippen molar-refractivity contribution in [3.05, 3.63) is 35.9 Å². The minimum absolute atomic E-state index is 0.00324. The zero-order valence-electron chi connectivity index (χ0n) is 12.6. The molecule has 1 heterocycles. The van der Waals surface area contributed by atoms with Gasteiger partial charge in [-0.3, -0.25) is 9.59 Å². The van der Waals surface area contributed by atoms with Gasteiger partial charge in [-0.1, -0.05) is 18.2 Å². The number of nitrogens with one attached hydrogen (secondary N) is 1. The lowest BCUT2D eigenvalue weighted by molar-refractivity contribution is -0.161. The number of ether oxygens (including phenoxy) is 2. The van der Waals surface area contributed by atoms with Crippen molar-refractivity contribution >= 4 is 17.8 Å². The van der Waals surface area contributed by atoms with Crippen molar-refractivity contribution in [1.29, 1.82) is 0 Å². The highest BCUT2D eigenvalue weighted by atomic mass is 16.6. The molecule has 0 spiro atoms. The number of hydrogen-bond acceptors (Lipinski definition) is 5. The van der Waals surface area contributed by atoms with Gasteiger partial charge in [0.15, 0.2) is 0 Å². The Bertz CT molecular complexity index is 557. The van der Waals surface area contributed by atoms with Gasteiger partial charge in [-0.05, 0) is 26.0 Å². The smallest absolute Gasteiger partial charge is 0.347 e. The molecule has 3 unspecified atom stereocenters. The van der Waals surface area contributed by atoms with E-state index in [9.17, 15) is 14.4 Å². The third kappa shape index (κ3) is 4.31. The summed E-state index contributed by atoms with van der Waals surface area (Å²) in [6, 6.07) is 8.34. The molecule has 1 aromatic rings. The van der Waals surface area contributed by atoms with Crippen LogP contribution >= 0.6 is 0 Å². The summed E-state index contributed by atoms with van der Waals surface area (Å²) in [4.78, 5) is 35.1. The van der Waals surface area contributed by atoms with Crippen molar-refractivity contribution in [3.63, 3.8) is 0 Å². The predicted molar refractivity (Wildman–Crippen MR) is 78.0 cm³/mol. The number of rotatable bonds is 5. The number of hydrogen-bond donors (Lipinski definition) is 1. The van der Waals surface area contributed by atoms with E-state index < -0.39 is 24.1 Å². The summed E-state index contributed by atoms with van der Waals surface area (Å²) in [5.74, 6) is -1.30. The van der Waals surface area contributed by atoms with E-state index in [1.54, 1.807) is 38.1 Å². The van der Waals surface area contributed by atoms with Crippen LogP contribution in [-0.4, -0.2) is 36.1 Å². The first-order chi connectivity index (χ1) is 10.5. The molecule has 118 valence electrons. The summed E-state index contributed by atoms with van der Waals surface area (Å²) in [6.07, 6.45) is -0.702. The predicted octanol–water partition coefficient (Wildman–Crippen LogP) is 1.44. The molecule has 6 nitrogen and oxygen atoms in total. The first-order valence-electron chi connectivity index (χ1n) is 7.21. The van der Waals surface area contributed by atoms with Gasteiger partial charge in [0.2, 0.25) is 6.10 Å². The Labute approximate surface area is 128 Å². The van der Waals surface area contributed by atoms with Crippen LogP contribution in [0.15, 0.2) is 30.3 Å². The van der Waals surface area contributed by atoms with Gasteiger partial charge >= 0.3 is 11.9 Å². The van der Waals surface area contributed by atoms with E-state index in [-0.39, 0.29) is 18.4 Å². The third-order valence-electron chi connectivity index (χ3n) is 3.29. The summed E-state index contributed by atoms with van der Waals surface area (Å²) in [5, 5.41) is 2.72. The average Bonchev–Trinajstić information content (AvgIpc) is 2.77. The molecule has 1 aromatic carbocycles. The molecule has 0 aliphatic carbocycles. The minimum atomic E-state index is -0.834. The molecule has 0 radical (unpaired) electrons. The number of cyclic esters (lactones) is 1. The van der Waals surface area contributed by atoms with Gasteiger partial charge in [-0.25, -0.2) is 4.79 Å². The van der Waals surface area contributed by atoms with E-state index in [1.807, 2.05) is 6.07 Å². The van der Waals surface area contributed by atoms with Gasteiger partial charge in [0.1, 0.15) is 6.10 Å². The molecule has 6 heteroatoms. The number of benzene rings is 1. The molecule has 1 fully saturated rings. The molecule has 1 amide bonds. The standard InChI is InChI=1S/C16H19NO5/c1-10(17-15(19)12-6-4-3-5-7-12)8-14(18)22-13-9-11(2)21-16(13)20/h3-7,10-11,13H,8-9H2,1-2H3,(H,17,19). The Kier molecular flexibility index (Phi) is 5.14. The zero-order valence-corrected chi connectivity index (χ0v) is 12.6. The lowest BCUT2D eigenvalue weighted by atomic mass is 10.1. The van der Waals surface area contributed by atoms with E-state index in [0.29, 0.717) is 12.0 Å².